The highest BCUT2D eigenvalue weighted by Crippen LogP contribution is 2.23. The third-order valence-electron chi connectivity index (χ3n) is 3.66. The largest absolute Gasteiger partial charge is 0.496 e. The van der Waals surface area contributed by atoms with E-state index in [-0.39, 0.29) is 0 Å². The topological polar surface area (TPSA) is 21.3 Å². The molecular formula is C17H29NO. The molecule has 0 heterocycles. The van der Waals surface area contributed by atoms with Crippen LogP contribution in [0.2, 0.25) is 0 Å². The van der Waals surface area contributed by atoms with Crippen LogP contribution >= 0.6 is 0 Å². The van der Waals surface area contributed by atoms with Crippen LogP contribution in [0.1, 0.15) is 44.6 Å². The van der Waals surface area contributed by atoms with Gasteiger partial charge in [-0.2, -0.15) is 0 Å². The summed E-state index contributed by atoms with van der Waals surface area (Å²) < 4.78 is 5.45. The number of methoxy groups -OCH3 is 1. The zero-order chi connectivity index (χ0) is 13.9. The molecule has 19 heavy (non-hydrogen) atoms. The van der Waals surface area contributed by atoms with Crippen LogP contribution in [0.25, 0.3) is 0 Å². The van der Waals surface area contributed by atoms with Crippen LogP contribution in [-0.2, 0) is 6.42 Å². The first kappa shape index (κ1) is 16.0. The van der Waals surface area contributed by atoms with Gasteiger partial charge in [0.15, 0.2) is 0 Å². The highest BCUT2D eigenvalue weighted by atomic mass is 16.5. The molecule has 0 amide bonds. The second kappa shape index (κ2) is 9.85. The van der Waals surface area contributed by atoms with E-state index >= 15 is 0 Å². The van der Waals surface area contributed by atoms with Crippen molar-refractivity contribution in [3.8, 4) is 5.75 Å². The molecular weight excluding hydrogens is 234 g/mol. The minimum Gasteiger partial charge on any atom is -0.496 e. The molecule has 0 aliphatic rings. The van der Waals surface area contributed by atoms with Crippen molar-refractivity contribution in [3.63, 3.8) is 0 Å². The molecule has 2 heteroatoms. The fraction of sp³-hybridized carbons (Fsp3) is 0.647. The third kappa shape index (κ3) is 6.11. The van der Waals surface area contributed by atoms with Gasteiger partial charge in [-0.1, -0.05) is 50.8 Å². The van der Waals surface area contributed by atoms with Gasteiger partial charge in [0.2, 0.25) is 0 Å². The van der Waals surface area contributed by atoms with Crippen LogP contribution in [0.4, 0.5) is 0 Å². The summed E-state index contributed by atoms with van der Waals surface area (Å²) in [5, 5.41) is 3.33. The smallest absolute Gasteiger partial charge is 0.122 e. The van der Waals surface area contributed by atoms with Crippen LogP contribution < -0.4 is 10.1 Å². The summed E-state index contributed by atoms with van der Waals surface area (Å²) in [6, 6.07) is 8.39. The van der Waals surface area contributed by atoms with E-state index in [2.05, 4.69) is 30.4 Å². The van der Waals surface area contributed by atoms with E-state index in [1.54, 1.807) is 7.11 Å². The summed E-state index contributed by atoms with van der Waals surface area (Å²) in [5.41, 5.74) is 1.33. The Bertz CT molecular complexity index is 338. The van der Waals surface area contributed by atoms with Crippen molar-refractivity contribution in [2.24, 2.45) is 5.92 Å². The Morgan fingerprint density at radius 2 is 1.95 bits per heavy atom. The molecule has 0 aliphatic heterocycles. The number of benzene rings is 1. The molecule has 0 saturated heterocycles. The molecule has 0 saturated carbocycles. The van der Waals surface area contributed by atoms with Crippen LogP contribution in [0, 0.1) is 5.92 Å². The highest BCUT2D eigenvalue weighted by molar-refractivity contribution is 5.33. The van der Waals surface area contributed by atoms with Crippen molar-refractivity contribution in [3.05, 3.63) is 29.8 Å². The lowest BCUT2D eigenvalue weighted by Gasteiger charge is -2.18. The molecule has 1 aromatic rings. The second-order valence-electron chi connectivity index (χ2n) is 5.29. The Kier molecular flexibility index (Phi) is 8.31. The van der Waals surface area contributed by atoms with Gasteiger partial charge in [-0.3, -0.25) is 0 Å². The number of hydrogen-bond acceptors (Lipinski definition) is 2. The van der Waals surface area contributed by atoms with Crippen LogP contribution in [0.5, 0.6) is 5.75 Å². The molecule has 0 aromatic heterocycles. The van der Waals surface area contributed by atoms with Gasteiger partial charge in [0.25, 0.3) is 0 Å². The molecule has 0 aliphatic carbocycles. The summed E-state index contributed by atoms with van der Waals surface area (Å²) in [4.78, 5) is 0. The fourth-order valence-corrected chi connectivity index (χ4v) is 2.61. The van der Waals surface area contributed by atoms with E-state index in [0.29, 0.717) is 5.92 Å². The number of nitrogens with one attached hydrogen (secondary N) is 1. The van der Waals surface area contributed by atoms with E-state index in [1.807, 2.05) is 13.1 Å². The maximum Gasteiger partial charge on any atom is 0.122 e. The van der Waals surface area contributed by atoms with Gasteiger partial charge in [-0.25, -0.2) is 0 Å². The fourth-order valence-electron chi connectivity index (χ4n) is 2.61. The number of unbranched alkanes of at least 4 members (excludes halogenated alkanes) is 3. The Balaban J connectivity index is 2.51. The first-order valence-electron chi connectivity index (χ1n) is 7.58. The Labute approximate surface area is 118 Å². The van der Waals surface area contributed by atoms with Crippen molar-refractivity contribution >= 4 is 0 Å². The first-order chi connectivity index (χ1) is 9.31. The summed E-state index contributed by atoms with van der Waals surface area (Å²) >= 11 is 0. The summed E-state index contributed by atoms with van der Waals surface area (Å²) in [6.45, 7) is 3.35. The highest BCUT2D eigenvalue weighted by Gasteiger charge is 2.11. The molecule has 0 fully saturated rings. The van der Waals surface area contributed by atoms with Crippen molar-refractivity contribution in [1.82, 2.24) is 5.32 Å². The molecule has 1 N–H and O–H groups in total. The van der Waals surface area contributed by atoms with E-state index in [0.717, 1.165) is 18.7 Å². The number of ether oxygens (including phenoxy) is 1. The lowest BCUT2D eigenvalue weighted by Crippen LogP contribution is -2.21. The Hall–Kier alpha value is -1.02. The zero-order valence-corrected chi connectivity index (χ0v) is 12.7. The van der Waals surface area contributed by atoms with Gasteiger partial charge in [0.1, 0.15) is 5.75 Å². The van der Waals surface area contributed by atoms with Gasteiger partial charge in [-0.15, -0.1) is 0 Å². The quantitative estimate of drug-likeness (QED) is 0.643. The van der Waals surface area contributed by atoms with E-state index in [1.165, 1.54) is 37.7 Å². The summed E-state index contributed by atoms with van der Waals surface area (Å²) in [6.07, 6.45) is 7.79. The predicted molar refractivity (Wildman–Crippen MR) is 82.9 cm³/mol. The average molecular weight is 263 g/mol. The maximum atomic E-state index is 5.45. The lowest BCUT2D eigenvalue weighted by atomic mass is 9.93. The predicted octanol–water partition coefficient (Wildman–Crippen LogP) is 4.04. The van der Waals surface area contributed by atoms with Crippen molar-refractivity contribution in [2.45, 2.75) is 45.4 Å². The number of para-hydroxylation sites is 1. The van der Waals surface area contributed by atoms with Gasteiger partial charge in [0.05, 0.1) is 7.11 Å². The van der Waals surface area contributed by atoms with Gasteiger partial charge < -0.3 is 10.1 Å². The molecule has 0 spiro atoms. The van der Waals surface area contributed by atoms with Crippen LogP contribution in [0.15, 0.2) is 24.3 Å². The van der Waals surface area contributed by atoms with Crippen molar-refractivity contribution in [2.75, 3.05) is 20.7 Å². The molecule has 108 valence electrons. The monoisotopic (exact) mass is 263 g/mol. The SMILES string of the molecule is CCCCCCC(CNC)Cc1ccccc1OC. The molecule has 2 nitrogen and oxygen atoms in total. The normalized spacial score (nSPS) is 12.4. The molecule has 1 atom stereocenters. The molecule has 0 bridgehead atoms. The van der Waals surface area contributed by atoms with E-state index < -0.39 is 0 Å². The van der Waals surface area contributed by atoms with Gasteiger partial charge in [0, 0.05) is 0 Å². The van der Waals surface area contributed by atoms with Crippen molar-refractivity contribution < 1.29 is 4.74 Å². The summed E-state index contributed by atoms with van der Waals surface area (Å²) in [5.74, 6) is 1.73. The molecule has 1 unspecified atom stereocenters. The summed E-state index contributed by atoms with van der Waals surface area (Å²) in [7, 11) is 3.80. The number of rotatable bonds is 10. The third-order valence-corrected chi connectivity index (χ3v) is 3.66. The van der Waals surface area contributed by atoms with E-state index in [9.17, 15) is 0 Å². The van der Waals surface area contributed by atoms with E-state index in [4.69, 9.17) is 4.74 Å². The van der Waals surface area contributed by atoms with Gasteiger partial charge >= 0.3 is 0 Å². The van der Waals surface area contributed by atoms with Gasteiger partial charge in [-0.05, 0) is 44.0 Å². The second-order valence-corrected chi connectivity index (χ2v) is 5.29. The number of hydrogen-bond donors (Lipinski definition) is 1. The minimum absolute atomic E-state index is 0.707. The lowest BCUT2D eigenvalue weighted by molar-refractivity contribution is 0.394. The standard InChI is InChI=1S/C17H29NO/c1-4-5-6-7-10-15(14-18-2)13-16-11-8-9-12-17(16)19-3/h8-9,11-12,15,18H,4-7,10,13-14H2,1-3H3. The first-order valence-corrected chi connectivity index (χ1v) is 7.58. The molecule has 1 rings (SSSR count). The average Bonchev–Trinajstić information content (AvgIpc) is 2.44. The van der Waals surface area contributed by atoms with Crippen molar-refractivity contribution in [1.29, 1.82) is 0 Å². The van der Waals surface area contributed by atoms with Crippen LogP contribution in [0.3, 0.4) is 0 Å². The van der Waals surface area contributed by atoms with Crippen LogP contribution in [-0.4, -0.2) is 20.7 Å². The minimum atomic E-state index is 0.707. The Morgan fingerprint density at radius 3 is 2.63 bits per heavy atom. The molecule has 1 aromatic carbocycles. The Morgan fingerprint density at radius 1 is 1.16 bits per heavy atom. The maximum absolute atomic E-state index is 5.45. The zero-order valence-electron chi connectivity index (χ0n) is 12.7. The molecule has 0 radical (unpaired) electrons.